The minimum Gasteiger partial charge on any atom is -0.369 e. The smallest absolute Gasteiger partial charge is 0.203 e. The van der Waals surface area contributed by atoms with Gasteiger partial charge in [0.15, 0.2) is 0 Å². The van der Waals surface area contributed by atoms with Crippen molar-refractivity contribution in [1.29, 1.82) is 0 Å². The molecule has 5 N–H and O–H groups in total. The van der Waals surface area contributed by atoms with Crippen molar-refractivity contribution in [2.45, 2.75) is 6.54 Å². The number of guanidine groups is 1. The molecule has 0 saturated carbocycles. The van der Waals surface area contributed by atoms with Crippen molar-refractivity contribution >= 4 is 17.6 Å². The minimum absolute atomic E-state index is 0.208. The van der Waals surface area contributed by atoms with Gasteiger partial charge in [-0.25, -0.2) is 10.8 Å². The van der Waals surface area contributed by atoms with E-state index in [1.165, 1.54) is 0 Å². The standard InChI is InChI=1S/C8H11ClN4/c9-7-3-1-2-6(4-7)5-12-8(10)13-11/h1-4H,5,11H2,(H3,10,12,13). The van der Waals surface area contributed by atoms with Crippen LogP contribution >= 0.6 is 11.6 Å². The number of hydrazine groups is 1. The Kier molecular flexibility index (Phi) is 3.54. The van der Waals surface area contributed by atoms with E-state index in [1.54, 1.807) is 6.07 Å². The second kappa shape index (κ2) is 4.69. The maximum Gasteiger partial charge on any atom is 0.203 e. The van der Waals surface area contributed by atoms with Gasteiger partial charge in [-0.15, -0.1) is 0 Å². The van der Waals surface area contributed by atoms with Crippen LogP contribution in [-0.4, -0.2) is 5.96 Å². The monoisotopic (exact) mass is 198 g/mol. The highest BCUT2D eigenvalue weighted by Crippen LogP contribution is 2.10. The Morgan fingerprint density at radius 3 is 2.92 bits per heavy atom. The van der Waals surface area contributed by atoms with Crippen molar-refractivity contribution in [3.05, 3.63) is 34.9 Å². The van der Waals surface area contributed by atoms with Gasteiger partial charge in [0.1, 0.15) is 0 Å². The normalized spacial score (nSPS) is 11.4. The summed E-state index contributed by atoms with van der Waals surface area (Å²) in [6.45, 7) is 0.469. The quantitative estimate of drug-likeness (QED) is 0.282. The largest absolute Gasteiger partial charge is 0.369 e. The van der Waals surface area contributed by atoms with E-state index in [9.17, 15) is 0 Å². The third kappa shape index (κ3) is 3.31. The lowest BCUT2D eigenvalue weighted by Crippen LogP contribution is -2.37. The summed E-state index contributed by atoms with van der Waals surface area (Å²) in [6.07, 6.45) is 0. The van der Waals surface area contributed by atoms with Gasteiger partial charge in [-0.3, -0.25) is 5.43 Å². The van der Waals surface area contributed by atoms with Gasteiger partial charge in [0.05, 0.1) is 6.54 Å². The third-order valence-electron chi connectivity index (χ3n) is 1.47. The van der Waals surface area contributed by atoms with Crippen LogP contribution in [-0.2, 0) is 6.54 Å². The van der Waals surface area contributed by atoms with Crippen LogP contribution in [0.1, 0.15) is 5.56 Å². The van der Waals surface area contributed by atoms with E-state index in [0.29, 0.717) is 11.6 Å². The van der Waals surface area contributed by atoms with Crippen LogP contribution in [0.4, 0.5) is 0 Å². The maximum atomic E-state index is 5.77. The molecule has 0 bridgehead atoms. The summed E-state index contributed by atoms with van der Waals surface area (Å²) in [5.74, 6) is 5.24. The van der Waals surface area contributed by atoms with E-state index in [0.717, 1.165) is 5.56 Å². The SMILES string of the molecule is NNC(N)=NCc1cccc(Cl)c1. The van der Waals surface area contributed by atoms with Gasteiger partial charge in [-0.1, -0.05) is 23.7 Å². The molecule has 0 aromatic heterocycles. The summed E-state index contributed by atoms with van der Waals surface area (Å²) in [5, 5.41) is 0.687. The summed E-state index contributed by atoms with van der Waals surface area (Å²) in [6, 6.07) is 7.41. The van der Waals surface area contributed by atoms with Crippen LogP contribution < -0.4 is 17.0 Å². The van der Waals surface area contributed by atoms with E-state index >= 15 is 0 Å². The summed E-state index contributed by atoms with van der Waals surface area (Å²) >= 11 is 5.77. The molecule has 0 saturated heterocycles. The fourth-order valence-electron chi connectivity index (χ4n) is 0.857. The Labute approximate surface area is 81.6 Å². The molecule has 4 nitrogen and oxygen atoms in total. The van der Waals surface area contributed by atoms with Gasteiger partial charge < -0.3 is 5.73 Å². The molecule has 0 heterocycles. The molecular formula is C8H11ClN4. The number of hydrogen-bond donors (Lipinski definition) is 3. The molecule has 0 aliphatic carbocycles. The molecule has 0 amide bonds. The van der Waals surface area contributed by atoms with E-state index in [4.69, 9.17) is 23.2 Å². The van der Waals surface area contributed by atoms with E-state index < -0.39 is 0 Å². The molecule has 1 aromatic carbocycles. The third-order valence-corrected chi connectivity index (χ3v) is 1.70. The second-order valence-electron chi connectivity index (χ2n) is 2.48. The van der Waals surface area contributed by atoms with Gasteiger partial charge in [-0.05, 0) is 17.7 Å². The van der Waals surface area contributed by atoms with Gasteiger partial charge in [-0.2, -0.15) is 0 Å². The predicted molar refractivity (Wildman–Crippen MR) is 54.1 cm³/mol. The summed E-state index contributed by atoms with van der Waals surface area (Å²) in [5.41, 5.74) is 8.58. The zero-order valence-electron chi connectivity index (χ0n) is 7.00. The van der Waals surface area contributed by atoms with Gasteiger partial charge >= 0.3 is 0 Å². The lowest BCUT2D eigenvalue weighted by atomic mass is 10.2. The van der Waals surface area contributed by atoms with Gasteiger partial charge in [0.25, 0.3) is 0 Å². The van der Waals surface area contributed by atoms with E-state index in [-0.39, 0.29) is 5.96 Å². The minimum atomic E-state index is 0.208. The van der Waals surface area contributed by atoms with Crippen LogP contribution in [0.25, 0.3) is 0 Å². The van der Waals surface area contributed by atoms with E-state index in [1.807, 2.05) is 18.2 Å². The second-order valence-corrected chi connectivity index (χ2v) is 2.91. The highest BCUT2D eigenvalue weighted by atomic mass is 35.5. The first kappa shape index (κ1) is 9.83. The molecule has 0 atom stereocenters. The van der Waals surface area contributed by atoms with Crippen molar-refractivity contribution in [2.24, 2.45) is 16.6 Å². The molecule has 0 unspecified atom stereocenters. The molecule has 0 aliphatic heterocycles. The number of hydrogen-bond acceptors (Lipinski definition) is 2. The highest BCUT2D eigenvalue weighted by molar-refractivity contribution is 6.30. The van der Waals surface area contributed by atoms with Gasteiger partial charge in [0.2, 0.25) is 5.96 Å². The first-order chi connectivity index (χ1) is 6.22. The highest BCUT2D eigenvalue weighted by Gasteiger charge is 1.92. The number of nitrogens with two attached hydrogens (primary N) is 2. The Morgan fingerprint density at radius 1 is 1.54 bits per heavy atom. The fraction of sp³-hybridized carbons (Fsp3) is 0.125. The molecule has 0 radical (unpaired) electrons. The average molecular weight is 199 g/mol. The van der Waals surface area contributed by atoms with E-state index in [2.05, 4.69) is 10.4 Å². The number of benzene rings is 1. The van der Waals surface area contributed by atoms with Crippen LogP contribution in [0.3, 0.4) is 0 Å². The molecule has 5 heteroatoms. The van der Waals surface area contributed by atoms with Crippen molar-refractivity contribution in [3.63, 3.8) is 0 Å². The maximum absolute atomic E-state index is 5.77. The Hall–Kier alpha value is -1.26. The molecule has 70 valence electrons. The Bertz CT molecular complexity index is 311. The number of rotatable bonds is 2. The number of halogens is 1. The summed E-state index contributed by atoms with van der Waals surface area (Å²) < 4.78 is 0. The molecule has 0 aliphatic rings. The zero-order valence-corrected chi connectivity index (χ0v) is 7.75. The van der Waals surface area contributed by atoms with Crippen molar-refractivity contribution in [1.82, 2.24) is 5.43 Å². The van der Waals surface area contributed by atoms with Crippen LogP contribution in [0.15, 0.2) is 29.3 Å². The van der Waals surface area contributed by atoms with Gasteiger partial charge in [0, 0.05) is 5.02 Å². The first-order valence-corrected chi connectivity index (χ1v) is 4.11. The zero-order chi connectivity index (χ0) is 9.68. The molecule has 13 heavy (non-hydrogen) atoms. The lowest BCUT2D eigenvalue weighted by Gasteiger charge is -1.99. The lowest BCUT2D eigenvalue weighted by molar-refractivity contribution is 0.958. The number of aliphatic imine (C=N–C) groups is 1. The molecule has 0 fully saturated rings. The van der Waals surface area contributed by atoms with Crippen LogP contribution in [0, 0.1) is 0 Å². The van der Waals surface area contributed by atoms with Crippen LogP contribution in [0.5, 0.6) is 0 Å². The first-order valence-electron chi connectivity index (χ1n) is 3.73. The van der Waals surface area contributed by atoms with Crippen molar-refractivity contribution < 1.29 is 0 Å². The van der Waals surface area contributed by atoms with Crippen molar-refractivity contribution in [2.75, 3.05) is 0 Å². The summed E-state index contributed by atoms with van der Waals surface area (Å²) in [7, 11) is 0. The summed E-state index contributed by atoms with van der Waals surface area (Å²) in [4.78, 5) is 3.95. The number of nitrogens with zero attached hydrogens (tertiary/aromatic N) is 1. The van der Waals surface area contributed by atoms with Crippen LogP contribution in [0.2, 0.25) is 5.02 Å². The fourth-order valence-corrected chi connectivity index (χ4v) is 1.07. The molecule has 0 spiro atoms. The molecule has 1 rings (SSSR count). The Morgan fingerprint density at radius 2 is 2.31 bits per heavy atom. The Balaban J connectivity index is 2.64. The topological polar surface area (TPSA) is 76.4 Å². The molecular weight excluding hydrogens is 188 g/mol. The van der Waals surface area contributed by atoms with Crippen molar-refractivity contribution in [3.8, 4) is 0 Å². The average Bonchev–Trinajstić information content (AvgIpc) is 2.14. The number of nitrogens with one attached hydrogen (secondary N) is 1. The predicted octanol–water partition coefficient (Wildman–Crippen LogP) is 0.618. The molecule has 1 aromatic rings.